The van der Waals surface area contributed by atoms with Crippen LogP contribution < -0.4 is 10.2 Å². The molecule has 0 aliphatic carbocycles. The van der Waals surface area contributed by atoms with Gasteiger partial charge in [0.2, 0.25) is 5.91 Å². The molecule has 3 rings (SSSR count). The number of nitrogens with one attached hydrogen (secondary N) is 1. The van der Waals surface area contributed by atoms with Crippen molar-refractivity contribution >= 4 is 23.0 Å². The number of thiazole rings is 1. The van der Waals surface area contributed by atoms with E-state index in [1.165, 1.54) is 11.3 Å². The summed E-state index contributed by atoms with van der Waals surface area (Å²) in [5.41, 5.74) is 6.35. The van der Waals surface area contributed by atoms with E-state index >= 15 is 0 Å². The molecule has 5 nitrogen and oxygen atoms in total. The van der Waals surface area contributed by atoms with Crippen LogP contribution in [-0.2, 0) is 11.2 Å². The van der Waals surface area contributed by atoms with Crippen molar-refractivity contribution in [3.8, 4) is 17.0 Å². The van der Waals surface area contributed by atoms with E-state index in [4.69, 9.17) is 4.74 Å². The van der Waals surface area contributed by atoms with E-state index in [0.29, 0.717) is 6.42 Å². The van der Waals surface area contributed by atoms with E-state index in [1.54, 1.807) is 7.11 Å². The standard InChI is InChI=1S/C21H21N3O2S/c1-3-18(16-9-11-17(26-2)12-10-16)23-24-20(25)13-21-22-19(14-27-21)15-7-5-4-6-8-15/h4-12,14H,3,13H2,1-2H3,(H,24,25)/b23-18-. The zero-order chi connectivity index (χ0) is 19.1. The van der Waals surface area contributed by atoms with E-state index in [0.717, 1.165) is 33.3 Å². The minimum Gasteiger partial charge on any atom is -0.497 e. The number of nitrogens with zero attached hydrogens (tertiary/aromatic N) is 2. The highest BCUT2D eigenvalue weighted by molar-refractivity contribution is 7.10. The molecule has 6 heteroatoms. The molecule has 0 spiro atoms. The molecule has 0 aliphatic rings. The van der Waals surface area contributed by atoms with Crippen molar-refractivity contribution in [1.29, 1.82) is 0 Å². The van der Waals surface area contributed by atoms with Crippen LogP contribution in [0.2, 0.25) is 0 Å². The minimum atomic E-state index is -0.177. The normalized spacial score (nSPS) is 11.3. The van der Waals surface area contributed by atoms with Gasteiger partial charge >= 0.3 is 0 Å². The van der Waals surface area contributed by atoms with Crippen molar-refractivity contribution < 1.29 is 9.53 Å². The van der Waals surface area contributed by atoms with E-state index in [2.05, 4.69) is 15.5 Å². The molecule has 1 heterocycles. The van der Waals surface area contributed by atoms with Crippen LogP contribution in [0.4, 0.5) is 0 Å². The maximum atomic E-state index is 12.2. The van der Waals surface area contributed by atoms with Crippen LogP contribution in [0, 0.1) is 0 Å². The third-order valence-corrected chi connectivity index (χ3v) is 4.86. The number of hydrogen-bond acceptors (Lipinski definition) is 5. The first-order valence-electron chi connectivity index (χ1n) is 8.69. The summed E-state index contributed by atoms with van der Waals surface area (Å²) in [4.78, 5) is 16.8. The maximum absolute atomic E-state index is 12.2. The summed E-state index contributed by atoms with van der Waals surface area (Å²) in [6.07, 6.45) is 0.919. The number of aromatic nitrogens is 1. The number of carbonyl (C=O) groups is 1. The van der Waals surface area contributed by atoms with Crippen molar-refractivity contribution in [2.24, 2.45) is 5.10 Å². The van der Waals surface area contributed by atoms with E-state index in [-0.39, 0.29) is 12.3 Å². The molecule has 0 unspecified atom stereocenters. The van der Waals surface area contributed by atoms with Crippen LogP contribution in [0.1, 0.15) is 23.9 Å². The third-order valence-electron chi connectivity index (χ3n) is 4.01. The van der Waals surface area contributed by atoms with Crippen molar-refractivity contribution in [3.05, 3.63) is 70.5 Å². The number of methoxy groups -OCH3 is 1. The van der Waals surface area contributed by atoms with Crippen molar-refractivity contribution in [1.82, 2.24) is 10.4 Å². The second-order valence-corrected chi connectivity index (χ2v) is 6.79. The number of hydrazone groups is 1. The highest BCUT2D eigenvalue weighted by Gasteiger charge is 2.09. The summed E-state index contributed by atoms with van der Waals surface area (Å²) in [7, 11) is 1.63. The van der Waals surface area contributed by atoms with Crippen LogP contribution in [0.15, 0.2) is 65.1 Å². The Balaban J connectivity index is 1.62. The zero-order valence-corrected chi connectivity index (χ0v) is 16.1. The van der Waals surface area contributed by atoms with Gasteiger partial charge in [0.25, 0.3) is 0 Å². The summed E-state index contributed by atoms with van der Waals surface area (Å²) in [6, 6.07) is 17.5. The van der Waals surface area contributed by atoms with Gasteiger partial charge in [-0.15, -0.1) is 11.3 Å². The fourth-order valence-corrected chi connectivity index (χ4v) is 3.37. The molecule has 27 heavy (non-hydrogen) atoms. The first kappa shape index (κ1) is 18.8. The molecule has 0 radical (unpaired) electrons. The minimum absolute atomic E-state index is 0.177. The van der Waals surface area contributed by atoms with Crippen molar-refractivity contribution in [3.63, 3.8) is 0 Å². The number of amides is 1. The summed E-state index contributed by atoms with van der Waals surface area (Å²) in [6.45, 7) is 2.00. The Hall–Kier alpha value is -2.99. The van der Waals surface area contributed by atoms with Crippen LogP contribution in [0.5, 0.6) is 5.75 Å². The van der Waals surface area contributed by atoms with Gasteiger partial charge in [-0.3, -0.25) is 4.79 Å². The van der Waals surface area contributed by atoms with Crippen LogP contribution in [-0.4, -0.2) is 23.7 Å². The fraction of sp³-hybridized carbons (Fsp3) is 0.190. The highest BCUT2D eigenvalue weighted by atomic mass is 32.1. The fourth-order valence-electron chi connectivity index (χ4n) is 2.57. The lowest BCUT2D eigenvalue weighted by atomic mass is 10.1. The summed E-state index contributed by atoms with van der Waals surface area (Å²) >= 11 is 1.48. The van der Waals surface area contributed by atoms with Crippen LogP contribution in [0.3, 0.4) is 0 Å². The second-order valence-electron chi connectivity index (χ2n) is 5.84. The van der Waals surface area contributed by atoms with Crippen LogP contribution >= 0.6 is 11.3 Å². The Morgan fingerprint density at radius 1 is 1.15 bits per heavy atom. The van der Waals surface area contributed by atoms with Gasteiger partial charge in [0.1, 0.15) is 10.8 Å². The molecule has 1 amide bonds. The Kier molecular flexibility index (Phi) is 6.33. The average Bonchev–Trinajstić information content (AvgIpc) is 3.18. The predicted molar refractivity (Wildman–Crippen MR) is 109 cm³/mol. The van der Waals surface area contributed by atoms with Crippen molar-refractivity contribution in [2.45, 2.75) is 19.8 Å². The molecule has 0 atom stereocenters. The first-order valence-corrected chi connectivity index (χ1v) is 9.57. The summed E-state index contributed by atoms with van der Waals surface area (Å²) in [5.74, 6) is 0.611. The Labute approximate surface area is 162 Å². The van der Waals surface area contributed by atoms with Crippen molar-refractivity contribution in [2.75, 3.05) is 7.11 Å². The van der Waals surface area contributed by atoms with E-state index in [9.17, 15) is 4.79 Å². The van der Waals surface area contributed by atoms with Crippen LogP contribution in [0.25, 0.3) is 11.3 Å². The topological polar surface area (TPSA) is 63.6 Å². The number of benzene rings is 2. The third kappa shape index (κ3) is 5.01. The molecule has 0 saturated carbocycles. The summed E-state index contributed by atoms with van der Waals surface area (Å²) < 4.78 is 5.17. The molecular weight excluding hydrogens is 358 g/mol. The lowest BCUT2D eigenvalue weighted by Gasteiger charge is -2.06. The molecular formula is C21H21N3O2S. The Morgan fingerprint density at radius 3 is 2.56 bits per heavy atom. The molecule has 0 fully saturated rings. The molecule has 2 aromatic carbocycles. The average molecular weight is 379 g/mol. The largest absolute Gasteiger partial charge is 0.497 e. The molecule has 1 aromatic heterocycles. The van der Waals surface area contributed by atoms with E-state index in [1.807, 2.05) is 66.9 Å². The second kappa shape index (κ2) is 9.09. The van der Waals surface area contributed by atoms with Gasteiger partial charge in [-0.1, -0.05) is 37.3 Å². The lowest BCUT2D eigenvalue weighted by molar-refractivity contribution is -0.120. The number of hydrogen-bond donors (Lipinski definition) is 1. The number of ether oxygens (including phenoxy) is 1. The quantitative estimate of drug-likeness (QED) is 0.492. The monoisotopic (exact) mass is 379 g/mol. The lowest BCUT2D eigenvalue weighted by Crippen LogP contribution is -2.21. The zero-order valence-electron chi connectivity index (χ0n) is 15.3. The number of carbonyl (C=O) groups excluding carboxylic acids is 1. The molecule has 0 saturated heterocycles. The van der Waals surface area contributed by atoms with Gasteiger partial charge in [-0.05, 0) is 36.2 Å². The van der Waals surface area contributed by atoms with Gasteiger partial charge in [0.15, 0.2) is 0 Å². The van der Waals surface area contributed by atoms with Gasteiger partial charge in [0, 0.05) is 10.9 Å². The first-order chi connectivity index (χ1) is 13.2. The predicted octanol–water partition coefficient (Wildman–Crippen LogP) is 4.29. The van der Waals surface area contributed by atoms with E-state index < -0.39 is 0 Å². The maximum Gasteiger partial charge on any atom is 0.246 e. The van der Waals surface area contributed by atoms with Gasteiger partial charge in [-0.2, -0.15) is 5.10 Å². The van der Waals surface area contributed by atoms with Gasteiger partial charge < -0.3 is 4.74 Å². The highest BCUT2D eigenvalue weighted by Crippen LogP contribution is 2.21. The SMILES string of the molecule is CC/C(=N/NC(=O)Cc1nc(-c2ccccc2)cs1)c1ccc(OC)cc1. The Morgan fingerprint density at radius 2 is 1.89 bits per heavy atom. The molecule has 138 valence electrons. The number of rotatable bonds is 7. The molecule has 0 bridgehead atoms. The Bertz CT molecular complexity index is 918. The molecule has 1 N–H and O–H groups in total. The smallest absolute Gasteiger partial charge is 0.246 e. The van der Waals surface area contributed by atoms with Gasteiger partial charge in [-0.25, -0.2) is 10.4 Å². The summed E-state index contributed by atoms with van der Waals surface area (Å²) in [5, 5.41) is 7.02. The van der Waals surface area contributed by atoms with Gasteiger partial charge in [0.05, 0.1) is 24.9 Å². The molecule has 3 aromatic rings. The molecule has 0 aliphatic heterocycles.